The number of hydrogen-bond acceptors (Lipinski definition) is 2. The van der Waals surface area contributed by atoms with E-state index in [0.717, 1.165) is 37.8 Å². The molecular formula is C14H25NO. The molecule has 2 heteroatoms. The molecular weight excluding hydrogens is 198 g/mol. The molecule has 92 valence electrons. The van der Waals surface area contributed by atoms with Gasteiger partial charge in [0.1, 0.15) is 0 Å². The Morgan fingerprint density at radius 2 is 1.44 bits per heavy atom. The van der Waals surface area contributed by atoms with Gasteiger partial charge in [-0.15, -0.1) is 0 Å². The molecule has 2 atom stereocenters. The number of fused-ring (bicyclic) bond motifs is 1. The lowest BCUT2D eigenvalue weighted by Crippen LogP contribution is -2.36. The van der Waals surface area contributed by atoms with Gasteiger partial charge in [0.2, 0.25) is 0 Å². The molecule has 3 fully saturated rings. The number of rotatable bonds is 1. The Bertz CT molecular complexity index is 233. The van der Waals surface area contributed by atoms with Gasteiger partial charge in [-0.05, 0) is 56.5 Å². The van der Waals surface area contributed by atoms with Crippen molar-refractivity contribution >= 4 is 0 Å². The summed E-state index contributed by atoms with van der Waals surface area (Å²) in [6.45, 7) is 2.30. The first kappa shape index (κ1) is 11.0. The fourth-order valence-corrected chi connectivity index (χ4v) is 4.41. The van der Waals surface area contributed by atoms with Crippen molar-refractivity contribution in [3.63, 3.8) is 0 Å². The summed E-state index contributed by atoms with van der Waals surface area (Å²) in [6, 6.07) is 0. The van der Waals surface area contributed by atoms with Gasteiger partial charge >= 0.3 is 0 Å². The van der Waals surface area contributed by atoms with E-state index in [1.54, 1.807) is 0 Å². The minimum Gasteiger partial charge on any atom is -0.390 e. The summed E-state index contributed by atoms with van der Waals surface area (Å²) in [5.74, 6) is 2.15. The number of hydrogen-bond donors (Lipinski definition) is 2. The van der Waals surface area contributed by atoms with Crippen LogP contribution in [0.25, 0.3) is 0 Å². The highest BCUT2D eigenvalue weighted by Gasteiger charge is 2.49. The fraction of sp³-hybridized carbons (Fsp3) is 1.00. The standard InChI is InChI=1S/C14H25NO/c16-14(13-5-3-1-2-4-6-13)7-11-9-15-10-12(11)8-14/h11-13,15-16H,1-10H2. The molecule has 2 nitrogen and oxygen atoms in total. The second-order valence-corrected chi connectivity index (χ2v) is 6.38. The van der Waals surface area contributed by atoms with Gasteiger partial charge in [0, 0.05) is 0 Å². The van der Waals surface area contributed by atoms with E-state index in [1.807, 2.05) is 0 Å². The summed E-state index contributed by atoms with van der Waals surface area (Å²) >= 11 is 0. The van der Waals surface area contributed by atoms with Crippen LogP contribution in [0, 0.1) is 17.8 Å². The van der Waals surface area contributed by atoms with Crippen LogP contribution in [0.5, 0.6) is 0 Å². The van der Waals surface area contributed by atoms with Gasteiger partial charge in [0.05, 0.1) is 5.60 Å². The minimum atomic E-state index is -0.290. The average Bonchev–Trinajstić information content (AvgIpc) is 2.67. The third-order valence-electron chi connectivity index (χ3n) is 5.33. The van der Waals surface area contributed by atoms with Crippen molar-refractivity contribution < 1.29 is 5.11 Å². The Hall–Kier alpha value is -0.0800. The zero-order chi connectivity index (χ0) is 11.0. The molecule has 0 spiro atoms. The van der Waals surface area contributed by atoms with Gasteiger partial charge in [-0.3, -0.25) is 0 Å². The molecule has 2 aliphatic carbocycles. The molecule has 2 unspecified atom stereocenters. The zero-order valence-corrected chi connectivity index (χ0v) is 10.3. The second kappa shape index (κ2) is 4.30. The Labute approximate surface area is 98.8 Å². The molecule has 1 saturated heterocycles. The zero-order valence-electron chi connectivity index (χ0n) is 10.3. The van der Waals surface area contributed by atoms with Crippen molar-refractivity contribution in [2.45, 2.75) is 57.0 Å². The molecule has 2 saturated carbocycles. The molecule has 0 bridgehead atoms. The van der Waals surface area contributed by atoms with Crippen molar-refractivity contribution in [2.24, 2.45) is 17.8 Å². The average molecular weight is 223 g/mol. The van der Waals surface area contributed by atoms with Crippen LogP contribution in [-0.4, -0.2) is 23.8 Å². The Morgan fingerprint density at radius 1 is 0.875 bits per heavy atom. The lowest BCUT2D eigenvalue weighted by molar-refractivity contribution is -0.0251. The smallest absolute Gasteiger partial charge is 0.0682 e. The van der Waals surface area contributed by atoms with E-state index in [4.69, 9.17) is 0 Å². The maximum Gasteiger partial charge on any atom is 0.0682 e. The van der Waals surface area contributed by atoms with E-state index in [-0.39, 0.29) is 5.60 Å². The van der Waals surface area contributed by atoms with Gasteiger partial charge in [0.25, 0.3) is 0 Å². The van der Waals surface area contributed by atoms with Crippen LogP contribution < -0.4 is 5.32 Å². The first-order valence-corrected chi connectivity index (χ1v) is 7.21. The minimum absolute atomic E-state index is 0.290. The quantitative estimate of drug-likeness (QED) is 0.669. The molecule has 2 N–H and O–H groups in total. The van der Waals surface area contributed by atoms with Crippen LogP contribution in [-0.2, 0) is 0 Å². The van der Waals surface area contributed by atoms with E-state index in [0.29, 0.717) is 5.92 Å². The summed E-state index contributed by atoms with van der Waals surface area (Å²) in [5.41, 5.74) is -0.290. The summed E-state index contributed by atoms with van der Waals surface area (Å²) in [7, 11) is 0. The molecule has 0 radical (unpaired) electrons. The summed E-state index contributed by atoms with van der Waals surface area (Å²) < 4.78 is 0. The largest absolute Gasteiger partial charge is 0.390 e. The molecule has 16 heavy (non-hydrogen) atoms. The molecule has 0 aromatic rings. The number of aliphatic hydroxyl groups is 1. The maximum absolute atomic E-state index is 10.9. The third-order valence-corrected chi connectivity index (χ3v) is 5.33. The lowest BCUT2D eigenvalue weighted by atomic mass is 9.80. The van der Waals surface area contributed by atoms with Crippen molar-refractivity contribution in [3.05, 3.63) is 0 Å². The SMILES string of the molecule is OC1(C2CCCCCC2)CC2CNCC2C1. The van der Waals surface area contributed by atoms with Crippen molar-refractivity contribution in [1.82, 2.24) is 5.32 Å². The number of nitrogens with one attached hydrogen (secondary N) is 1. The molecule has 3 aliphatic rings. The molecule has 3 rings (SSSR count). The van der Waals surface area contributed by atoms with Gasteiger partial charge < -0.3 is 10.4 Å². The van der Waals surface area contributed by atoms with Crippen LogP contribution in [0.2, 0.25) is 0 Å². The first-order chi connectivity index (χ1) is 7.78. The monoisotopic (exact) mass is 223 g/mol. The Kier molecular flexibility index (Phi) is 2.97. The van der Waals surface area contributed by atoms with Crippen LogP contribution in [0.4, 0.5) is 0 Å². The van der Waals surface area contributed by atoms with Gasteiger partial charge in [-0.1, -0.05) is 25.7 Å². The fourth-order valence-electron chi connectivity index (χ4n) is 4.41. The summed E-state index contributed by atoms with van der Waals surface area (Å²) in [6.07, 6.45) is 10.2. The van der Waals surface area contributed by atoms with E-state index in [9.17, 15) is 5.11 Å². The Balaban J connectivity index is 1.68. The van der Waals surface area contributed by atoms with Crippen LogP contribution >= 0.6 is 0 Å². The normalized spacial score (nSPS) is 45.6. The molecule has 0 aromatic heterocycles. The highest BCUT2D eigenvalue weighted by molar-refractivity contribution is 5.02. The third kappa shape index (κ3) is 1.91. The van der Waals surface area contributed by atoms with Crippen molar-refractivity contribution in [2.75, 3.05) is 13.1 Å². The molecule has 0 amide bonds. The molecule has 0 aromatic carbocycles. The van der Waals surface area contributed by atoms with Gasteiger partial charge in [-0.25, -0.2) is 0 Å². The van der Waals surface area contributed by atoms with Crippen molar-refractivity contribution in [1.29, 1.82) is 0 Å². The van der Waals surface area contributed by atoms with E-state index in [2.05, 4.69) is 5.32 Å². The van der Waals surface area contributed by atoms with Crippen molar-refractivity contribution in [3.8, 4) is 0 Å². The van der Waals surface area contributed by atoms with Crippen LogP contribution in [0.3, 0.4) is 0 Å². The maximum atomic E-state index is 10.9. The first-order valence-electron chi connectivity index (χ1n) is 7.21. The van der Waals surface area contributed by atoms with Crippen LogP contribution in [0.1, 0.15) is 51.4 Å². The molecule has 1 aliphatic heterocycles. The van der Waals surface area contributed by atoms with Gasteiger partial charge in [0.15, 0.2) is 0 Å². The summed E-state index contributed by atoms with van der Waals surface area (Å²) in [5, 5.41) is 14.4. The Morgan fingerprint density at radius 3 is 2.00 bits per heavy atom. The topological polar surface area (TPSA) is 32.3 Å². The predicted molar refractivity (Wildman–Crippen MR) is 65.2 cm³/mol. The van der Waals surface area contributed by atoms with E-state index in [1.165, 1.54) is 38.5 Å². The highest BCUT2D eigenvalue weighted by Crippen LogP contribution is 2.48. The van der Waals surface area contributed by atoms with Crippen LogP contribution in [0.15, 0.2) is 0 Å². The predicted octanol–water partition coefficient (Wildman–Crippen LogP) is 2.32. The summed E-state index contributed by atoms with van der Waals surface area (Å²) in [4.78, 5) is 0. The van der Waals surface area contributed by atoms with Gasteiger partial charge in [-0.2, -0.15) is 0 Å². The second-order valence-electron chi connectivity index (χ2n) is 6.38. The highest BCUT2D eigenvalue weighted by atomic mass is 16.3. The molecule has 1 heterocycles. The van der Waals surface area contributed by atoms with E-state index < -0.39 is 0 Å². The van der Waals surface area contributed by atoms with E-state index >= 15 is 0 Å². The lowest BCUT2D eigenvalue weighted by Gasteiger charge is -2.33.